The van der Waals surface area contributed by atoms with Gasteiger partial charge in [-0.3, -0.25) is 0 Å². The van der Waals surface area contributed by atoms with Crippen LogP contribution in [0.3, 0.4) is 0 Å². The molecular formula is C17H28BrNO2. The lowest BCUT2D eigenvalue weighted by Gasteiger charge is -2.20. The van der Waals surface area contributed by atoms with Crippen LogP contribution in [0.25, 0.3) is 0 Å². The molecule has 0 aromatic heterocycles. The minimum Gasteiger partial charge on any atom is -0.492 e. The van der Waals surface area contributed by atoms with Crippen LogP contribution in [0.15, 0.2) is 22.7 Å². The smallest absolute Gasteiger partial charge is 0.133 e. The van der Waals surface area contributed by atoms with Gasteiger partial charge in [0.1, 0.15) is 5.75 Å². The van der Waals surface area contributed by atoms with E-state index in [2.05, 4.69) is 61.1 Å². The van der Waals surface area contributed by atoms with Crippen LogP contribution in [0.5, 0.6) is 5.75 Å². The van der Waals surface area contributed by atoms with Crippen molar-refractivity contribution in [3.63, 3.8) is 0 Å². The average Bonchev–Trinajstić information content (AvgIpc) is 2.40. The van der Waals surface area contributed by atoms with E-state index in [-0.39, 0.29) is 5.54 Å². The minimum absolute atomic E-state index is 0.155. The lowest BCUT2D eigenvalue weighted by atomic mass is 10.1. The van der Waals surface area contributed by atoms with E-state index in [9.17, 15) is 0 Å². The Kier molecular flexibility index (Phi) is 8.30. The van der Waals surface area contributed by atoms with E-state index in [0.717, 1.165) is 49.4 Å². The maximum atomic E-state index is 5.66. The van der Waals surface area contributed by atoms with Gasteiger partial charge in [-0.05, 0) is 67.2 Å². The van der Waals surface area contributed by atoms with Crippen LogP contribution in [-0.4, -0.2) is 31.9 Å². The molecule has 1 N–H and O–H groups in total. The highest BCUT2D eigenvalue weighted by molar-refractivity contribution is 9.10. The molecule has 0 fully saturated rings. The molecule has 1 rings (SSSR count). The molecule has 0 radical (unpaired) electrons. The van der Waals surface area contributed by atoms with Gasteiger partial charge in [-0.1, -0.05) is 13.0 Å². The largest absolute Gasteiger partial charge is 0.492 e. The fourth-order valence-electron chi connectivity index (χ4n) is 1.82. The molecule has 1 aromatic rings. The molecule has 0 heterocycles. The third-order valence-corrected chi connectivity index (χ3v) is 3.51. The van der Waals surface area contributed by atoms with E-state index >= 15 is 0 Å². The second-order valence-corrected chi connectivity index (χ2v) is 7.01. The molecule has 0 aliphatic rings. The Labute approximate surface area is 137 Å². The van der Waals surface area contributed by atoms with Gasteiger partial charge in [0.05, 0.1) is 24.3 Å². The summed E-state index contributed by atoms with van der Waals surface area (Å²) in [7, 11) is 0. The summed E-state index contributed by atoms with van der Waals surface area (Å²) < 4.78 is 12.3. The molecule has 4 heteroatoms. The first-order valence-electron chi connectivity index (χ1n) is 7.66. The Balaban J connectivity index is 2.25. The van der Waals surface area contributed by atoms with Crippen molar-refractivity contribution < 1.29 is 9.47 Å². The second-order valence-electron chi connectivity index (χ2n) is 6.15. The molecule has 0 bridgehead atoms. The highest BCUT2D eigenvalue weighted by Crippen LogP contribution is 2.26. The maximum Gasteiger partial charge on any atom is 0.133 e. The molecule has 1 aromatic carbocycles. The molecule has 0 spiro atoms. The molecular weight excluding hydrogens is 330 g/mol. The highest BCUT2D eigenvalue weighted by Gasteiger charge is 2.07. The van der Waals surface area contributed by atoms with Gasteiger partial charge in [-0.2, -0.15) is 0 Å². The summed E-state index contributed by atoms with van der Waals surface area (Å²) in [5.41, 5.74) is 1.41. The topological polar surface area (TPSA) is 30.5 Å². The number of halogens is 1. The van der Waals surface area contributed by atoms with Crippen molar-refractivity contribution in [1.29, 1.82) is 0 Å². The van der Waals surface area contributed by atoms with Gasteiger partial charge in [-0.25, -0.2) is 0 Å². The zero-order chi connectivity index (χ0) is 15.7. The van der Waals surface area contributed by atoms with Crippen LogP contribution in [0, 0.1) is 0 Å². The van der Waals surface area contributed by atoms with Crippen molar-refractivity contribution >= 4 is 15.9 Å². The molecule has 120 valence electrons. The molecule has 0 aliphatic carbocycles. The summed E-state index contributed by atoms with van der Waals surface area (Å²) in [6, 6.07) is 6.24. The molecule has 0 saturated heterocycles. The average molecular weight is 358 g/mol. The highest BCUT2D eigenvalue weighted by atomic mass is 79.9. The number of hydrogen-bond acceptors (Lipinski definition) is 3. The molecule has 3 nitrogen and oxygen atoms in total. The Bertz CT molecular complexity index is 416. The third-order valence-electron chi connectivity index (χ3n) is 2.89. The zero-order valence-electron chi connectivity index (χ0n) is 13.7. The lowest BCUT2D eigenvalue weighted by molar-refractivity contribution is 0.133. The minimum atomic E-state index is 0.155. The fourth-order valence-corrected chi connectivity index (χ4v) is 2.36. The first kappa shape index (κ1) is 18.5. The van der Waals surface area contributed by atoms with Crippen LogP contribution in [0.2, 0.25) is 0 Å². The molecule has 0 unspecified atom stereocenters. The summed E-state index contributed by atoms with van der Waals surface area (Å²) in [5.74, 6) is 0.913. The van der Waals surface area contributed by atoms with Crippen molar-refractivity contribution in [1.82, 2.24) is 5.32 Å². The summed E-state index contributed by atoms with van der Waals surface area (Å²) in [4.78, 5) is 0. The van der Waals surface area contributed by atoms with Gasteiger partial charge in [-0.15, -0.1) is 0 Å². The summed E-state index contributed by atoms with van der Waals surface area (Å²) in [6.45, 7) is 11.7. The Morgan fingerprint density at radius 2 is 1.90 bits per heavy atom. The Morgan fingerprint density at radius 3 is 2.52 bits per heavy atom. The van der Waals surface area contributed by atoms with Crippen molar-refractivity contribution in [2.75, 3.05) is 26.4 Å². The molecule has 21 heavy (non-hydrogen) atoms. The fraction of sp³-hybridized carbons (Fsp3) is 0.647. The standard InChI is InChI=1S/C17H28BrNO2/c1-5-10-21-16-7-6-14(13-15(16)18)8-11-20-12-9-19-17(2,3)4/h6-7,13,19H,5,8-12H2,1-4H3. The van der Waals surface area contributed by atoms with E-state index in [1.54, 1.807) is 0 Å². The van der Waals surface area contributed by atoms with Gasteiger partial charge in [0.15, 0.2) is 0 Å². The number of ether oxygens (including phenoxy) is 2. The lowest BCUT2D eigenvalue weighted by Crippen LogP contribution is -2.38. The van der Waals surface area contributed by atoms with E-state index < -0.39 is 0 Å². The summed E-state index contributed by atoms with van der Waals surface area (Å²) in [5, 5.41) is 3.41. The second kappa shape index (κ2) is 9.44. The normalized spacial score (nSPS) is 11.7. The van der Waals surface area contributed by atoms with E-state index in [1.807, 2.05) is 6.07 Å². The van der Waals surface area contributed by atoms with Crippen molar-refractivity contribution in [2.24, 2.45) is 0 Å². The number of nitrogens with one attached hydrogen (secondary N) is 1. The Morgan fingerprint density at radius 1 is 1.14 bits per heavy atom. The SMILES string of the molecule is CCCOc1ccc(CCOCCNC(C)(C)C)cc1Br. The zero-order valence-corrected chi connectivity index (χ0v) is 15.3. The van der Waals surface area contributed by atoms with Gasteiger partial charge in [0.2, 0.25) is 0 Å². The van der Waals surface area contributed by atoms with E-state index in [0.29, 0.717) is 0 Å². The summed E-state index contributed by atoms with van der Waals surface area (Å²) >= 11 is 3.56. The first-order chi connectivity index (χ1) is 9.92. The first-order valence-corrected chi connectivity index (χ1v) is 8.45. The van der Waals surface area contributed by atoms with Crippen LogP contribution >= 0.6 is 15.9 Å². The number of rotatable bonds is 9. The summed E-state index contributed by atoms with van der Waals surface area (Å²) in [6.07, 6.45) is 1.94. The number of benzene rings is 1. The van der Waals surface area contributed by atoms with Crippen LogP contribution < -0.4 is 10.1 Å². The number of hydrogen-bond donors (Lipinski definition) is 1. The predicted molar refractivity (Wildman–Crippen MR) is 92.2 cm³/mol. The molecule has 0 amide bonds. The van der Waals surface area contributed by atoms with E-state index in [1.165, 1.54) is 5.56 Å². The molecule has 0 aliphatic heterocycles. The Hall–Kier alpha value is -0.580. The van der Waals surface area contributed by atoms with Crippen LogP contribution in [0.1, 0.15) is 39.7 Å². The van der Waals surface area contributed by atoms with Crippen molar-refractivity contribution in [3.8, 4) is 5.75 Å². The van der Waals surface area contributed by atoms with Crippen molar-refractivity contribution in [2.45, 2.75) is 46.1 Å². The van der Waals surface area contributed by atoms with Gasteiger partial charge in [0.25, 0.3) is 0 Å². The van der Waals surface area contributed by atoms with Gasteiger partial charge >= 0.3 is 0 Å². The van der Waals surface area contributed by atoms with Crippen LogP contribution in [0.4, 0.5) is 0 Å². The molecule has 0 saturated carbocycles. The van der Waals surface area contributed by atoms with Gasteiger partial charge in [0, 0.05) is 12.1 Å². The van der Waals surface area contributed by atoms with Gasteiger partial charge < -0.3 is 14.8 Å². The van der Waals surface area contributed by atoms with Crippen LogP contribution in [-0.2, 0) is 11.2 Å². The van der Waals surface area contributed by atoms with E-state index in [4.69, 9.17) is 9.47 Å². The van der Waals surface area contributed by atoms with Crippen molar-refractivity contribution in [3.05, 3.63) is 28.2 Å². The predicted octanol–water partition coefficient (Wildman–Crippen LogP) is 4.19. The molecule has 0 atom stereocenters. The monoisotopic (exact) mass is 357 g/mol. The third kappa shape index (κ3) is 8.44. The maximum absolute atomic E-state index is 5.66. The quantitative estimate of drug-likeness (QED) is 0.672.